The number of rotatable bonds is 2. The molecule has 3 aliphatic carbocycles. The van der Waals surface area contributed by atoms with Crippen molar-refractivity contribution in [3.05, 3.63) is 0 Å². The van der Waals surface area contributed by atoms with Crippen molar-refractivity contribution in [2.75, 3.05) is 0 Å². The molecule has 0 bridgehead atoms. The van der Waals surface area contributed by atoms with Crippen molar-refractivity contribution in [2.24, 2.45) is 40.4 Å². The Labute approximate surface area is 176 Å². The van der Waals surface area contributed by atoms with Crippen molar-refractivity contribution in [3.63, 3.8) is 0 Å². The van der Waals surface area contributed by atoms with Crippen molar-refractivity contribution in [2.45, 2.75) is 126 Å². The lowest BCUT2D eigenvalue weighted by Gasteiger charge is -2.63. The van der Waals surface area contributed by atoms with Gasteiger partial charge in [0.05, 0.1) is 12.2 Å². The van der Waals surface area contributed by atoms with Gasteiger partial charge in [0, 0.05) is 0 Å². The summed E-state index contributed by atoms with van der Waals surface area (Å²) in [6.07, 6.45) is 9.18. The van der Waals surface area contributed by atoms with Gasteiger partial charge in [0.25, 0.3) is 0 Å². The zero-order valence-corrected chi connectivity index (χ0v) is 20.6. The van der Waals surface area contributed by atoms with E-state index in [-0.39, 0.29) is 17.6 Å². The van der Waals surface area contributed by atoms with Crippen LogP contribution in [0.2, 0.25) is 0 Å². The van der Waals surface area contributed by atoms with E-state index in [0.29, 0.717) is 17.3 Å². The quantitative estimate of drug-likeness (QED) is 0.523. The first kappa shape index (κ1) is 26.0. The van der Waals surface area contributed by atoms with Crippen LogP contribution >= 0.6 is 0 Å². The van der Waals surface area contributed by atoms with Crippen LogP contribution in [0, 0.1) is 40.4 Å². The topological polar surface area (TPSA) is 40.5 Å². The summed E-state index contributed by atoms with van der Waals surface area (Å²) in [6, 6.07) is 0. The highest BCUT2D eigenvalue weighted by Gasteiger charge is 2.59. The lowest BCUT2D eigenvalue weighted by Crippen LogP contribution is -2.58. The van der Waals surface area contributed by atoms with Crippen LogP contribution in [0.4, 0.5) is 0 Å². The van der Waals surface area contributed by atoms with E-state index in [0.717, 1.165) is 37.0 Å². The molecule has 3 rings (SSSR count). The second-order valence-corrected chi connectivity index (χ2v) is 10.4. The Kier molecular flexibility index (Phi) is 10.0. The highest BCUT2D eigenvalue weighted by Crippen LogP contribution is 2.65. The van der Waals surface area contributed by atoms with Crippen LogP contribution < -0.4 is 0 Å². The Morgan fingerprint density at radius 2 is 1.57 bits per heavy atom. The van der Waals surface area contributed by atoms with E-state index in [4.69, 9.17) is 0 Å². The molecule has 0 spiro atoms. The van der Waals surface area contributed by atoms with Gasteiger partial charge in [0.15, 0.2) is 0 Å². The summed E-state index contributed by atoms with van der Waals surface area (Å²) in [4.78, 5) is 0. The SMILES string of the molecule is CC.CCC.CCC1CC2C[C@@H](O)CCC2(C)C2CCC(C)(C(C)O)C(C)C12. The third kappa shape index (κ3) is 4.80. The molecule has 2 nitrogen and oxygen atoms in total. The first-order valence-corrected chi connectivity index (χ1v) is 12.5. The van der Waals surface area contributed by atoms with Crippen LogP contribution in [0.3, 0.4) is 0 Å². The van der Waals surface area contributed by atoms with Crippen LogP contribution in [-0.2, 0) is 0 Å². The molecule has 0 amide bonds. The number of hydrogen-bond donors (Lipinski definition) is 2. The molecule has 0 saturated heterocycles. The van der Waals surface area contributed by atoms with E-state index >= 15 is 0 Å². The Hall–Kier alpha value is -0.0800. The van der Waals surface area contributed by atoms with Gasteiger partial charge in [-0.15, -0.1) is 0 Å². The summed E-state index contributed by atoms with van der Waals surface area (Å²) in [5.74, 6) is 3.62. The molecule has 2 N–H and O–H groups in total. The monoisotopic (exact) mass is 396 g/mol. The van der Waals surface area contributed by atoms with Gasteiger partial charge >= 0.3 is 0 Å². The minimum atomic E-state index is -0.213. The number of fused-ring (bicyclic) bond motifs is 3. The fraction of sp³-hybridized carbons (Fsp3) is 1.00. The molecule has 0 radical (unpaired) electrons. The van der Waals surface area contributed by atoms with Gasteiger partial charge in [0.1, 0.15) is 0 Å². The standard InChI is InChI=1S/C21H38O2.C3H8.C2H6/c1-6-15-11-16-12-17(23)7-9-21(16,5)18-8-10-20(4,14(3)22)13(2)19(15)18;1-3-2;1-2/h13-19,22-23H,6-12H2,1-5H3;3H2,1-2H3;1-2H3/t13?,14?,15?,16?,17-,18?,19?,20?,21?;;/m0../s1. The van der Waals surface area contributed by atoms with Crippen LogP contribution in [-0.4, -0.2) is 22.4 Å². The number of aliphatic hydroxyl groups excluding tert-OH is 2. The minimum absolute atomic E-state index is 0.0640. The second-order valence-electron chi connectivity index (χ2n) is 10.4. The Morgan fingerprint density at radius 3 is 2.07 bits per heavy atom. The van der Waals surface area contributed by atoms with E-state index in [1.54, 1.807) is 0 Å². The van der Waals surface area contributed by atoms with Gasteiger partial charge < -0.3 is 10.2 Å². The molecular weight excluding hydrogens is 344 g/mol. The highest BCUT2D eigenvalue weighted by atomic mass is 16.3. The molecule has 28 heavy (non-hydrogen) atoms. The van der Waals surface area contributed by atoms with Crippen LogP contribution in [0.1, 0.15) is 114 Å². The lowest BCUT2D eigenvalue weighted by atomic mass is 9.42. The molecule has 3 aliphatic rings. The second kappa shape index (κ2) is 10.8. The average molecular weight is 397 g/mol. The van der Waals surface area contributed by atoms with Crippen molar-refractivity contribution >= 4 is 0 Å². The van der Waals surface area contributed by atoms with Crippen molar-refractivity contribution < 1.29 is 10.2 Å². The predicted octanol–water partition coefficient (Wildman–Crippen LogP) is 7.08. The molecule has 0 aromatic carbocycles. The van der Waals surface area contributed by atoms with Gasteiger partial charge in [-0.05, 0) is 85.9 Å². The van der Waals surface area contributed by atoms with E-state index in [9.17, 15) is 10.2 Å². The number of aliphatic hydroxyl groups is 2. The lowest BCUT2D eigenvalue weighted by molar-refractivity contribution is -0.166. The Balaban J connectivity index is 0.000000717. The zero-order chi connectivity index (χ0) is 21.7. The van der Waals surface area contributed by atoms with Gasteiger partial charge in [-0.2, -0.15) is 0 Å². The van der Waals surface area contributed by atoms with Crippen LogP contribution in [0.25, 0.3) is 0 Å². The summed E-state index contributed by atoms with van der Waals surface area (Å²) in [7, 11) is 0. The fourth-order valence-corrected chi connectivity index (χ4v) is 6.98. The molecular formula is C26H52O2. The highest BCUT2D eigenvalue weighted by molar-refractivity contribution is 5.08. The molecule has 8 unspecified atom stereocenters. The Morgan fingerprint density at radius 1 is 1.00 bits per heavy atom. The van der Waals surface area contributed by atoms with Gasteiger partial charge in [-0.1, -0.05) is 68.2 Å². The summed E-state index contributed by atoms with van der Waals surface area (Å²) in [5, 5.41) is 20.6. The summed E-state index contributed by atoms with van der Waals surface area (Å²) in [6.45, 7) is 19.9. The molecule has 2 heteroatoms. The third-order valence-electron chi connectivity index (χ3n) is 9.04. The van der Waals surface area contributed by atoms with Crippen molar-refractivity contribution in [1.82, 2.24) is 0 Å². The summed E-state index contributed by atoms with van der Waals surface area (Å²) < 4.78 is 0. The molecule has 0 aromatic rings. The molecule has 168 valence electrons. The maximum Gasteiger partial charge on any atom is 0.0568 e. The van der Waals surface area contributed by atoms with Crippen molar-refractivity contribution in [1.29, 1.82) is 0 Å². The van der Waals surface area contributed by atoms with Gasteiger partial charge in [0.2, 0.25) is 0 Å². The normalized spacial score (nSPS) is 46.0. The van der Waals surface area contributed by atoms with Crippen molar-refractivity contribution in [3.8, 4) is 0 Å². The smallest absolute Gasteiger partial charge is 0.0568 e. The minimum Gasteiger partial charge on any atom is -0.393 e. The summed E-state index contributed by atoms with van der Waals surface area (Å²) >= 11 is 0. The van der Waals surface area contributed by atoms with Gasteiger partial charge in [-0.25, -0.2) is 0 Å². The Bertz CT molecular complexity index is 448. The third-order valence-corrected chi connectivity index (χ3v) is 9.04. The molecule has 0 aromatic heterocycles. The van der Waals surface area contributed by atoms with Gasteiger partial charge in [-0.3, -0.25) is 0 Å². The molecule has 0 heterocycles. The molecule has 3 fully saturated rings. The molecule has 0 aliphatic heterocycles. The first-order valence-electron chi connectivity index (χ1n) is 12.5. The zero-order valence-electron chi connectivity index (χ0n) is 20.6. The number of hydrogen-bond acceptors (Lipinski definition) is 2. The summed E-state index contributed by atoms with van der Waals surface area (Å²) in [5.41, 5.74) is 0.496. The van der Waals surface area contributed by atoms with E-state index < -0.39 is 0 Å². The van der Waals surface area contributed by atoms with E-state index in [1.165, 1.54) is 32.1 Å². The van der Waals surface area contributed by atoms with E-state index in [1.807, 2.05) is 20.8 Å². The first-order chi connectivity index (χ1) is 13.2. The maximum atomic E-state index is 10.5. The van der Waals surface area contributed by atoms with E-state index in [2.05, 4.69) is 41.5 Å². The molecule has 3 saturated carbocycles. The van der Waals surface area contributed by atoms with Crippen LogP contribution in [0.15, 0.2) is 0 Å². The fourth-order valence-electron chi connectivity index (χ4n) is 6.98. The average Bonchev–Trinajstić information content (AvgIpc) is 2.67. The largest absolute Gasteiger partial charge is 0.393 e. The molecule has 9 atom stereocenters. The predicted molar refractivity (Wildman–Crippen MR) is 122 cm³/mol. The van der Waals surface area contributed by atoms with Crippen LogP contribution in [0.5, 0.6) is 0 Å². The maximum absolute atomic E-state index is 10.5.